The van der Waals surface area contributed by atoms with Crippen LogP contribution in [-0.2, 0) is 20.9 Å². The van der Waals surface area contributed by atoms with Crippen LogP contribution >= 0.6 is 0 Å². The lowest BCUT2D eigenvalue weighted by Crippen LogP contribution is -2.53. The third-order valence-electron chi connectivity index (χ3n) is 5.08. The molecule has 0 spiro atoms. The van der Waals surface area contributed by atoms with Gasteiger partial charge in [0.25, 0.3) is 5.91 Å². The molecular weight excluding hydrogens is 338 g/mol. The van der Waals surface area contributed by atoms with Crippen molar-refractivity contribution in [2.45, 2.75) is 44.5 Å². The second-order valence-corrected chi connectivity index (χ2v) is 6.97. The molecule has 1 saturated heterocycles. The summed E-state index contributed by atoms with van der Waals surface area (Å²) in [6, 6.07) is 4.13. The molecule has 2 unspecified atom stereocenters. The minimum Gasteiger partial charge on any atom is -0.369 e. The Hall–Kier alpha value is -2.74. The minimum atomic E-state index is -1.25. The van der Waals surface area contributed by atoms with Crippen LogP contribution in [0.1, 0.15) is 53.4 Å². The molecule has 136 valence electrons. The fraction of sp³-hybridized carbons (Fsp3) is 0.444. The van der Waals surface area contributed by atoms with Crippen molar-refractivity contribution < 1.29 is 24.3 Å². The summed E-state index contributed by atoms with van der Waals surface area (Å²) in [4.78, 5) is 48.9. The van der Waals surface area contributed by atoms with Crippen LogP contribution in [0.25, 0.3) is 0 Å². The van der Waals surface area contributed by atoms with Crippen molar-refractivity contribution in [3.8, 4) is 0 Å². The average Bonchev–Trinajstić information content (AvgIpc) is 3.43. The molecule has 3 N–H and O–H groups in total. The number of fused-ring (bicyclic) bond motifs is 1. The van der Waals surface area contributed by atoms with Crippen LogP contribution in [0.4, 0.5) is 0 Å². The van der Waals surface area contributed by atoms with Crippen LogP contribution in [-0.4, -0.2) is 39.7 Å². The molecule has 2 aliphatic heterocycles. The van der Waals surface area contributed by atoms with E-state index in [9.17, 15) is 24.3 Å². The zero-order chi connectivity index (χ0) is 18.4. The number of nitrogens with one attached hydrogen (secondary N) is 2. The number of carbonyl (C=O) groups is 4. The largest absolute Gasteiger partial charge is 0.369 e. The standard InChI is InChI=1S/C18H19N3O5/c22-14-6-5-13(16(24)20-14)21-17(25)11-4-1-9(7-12(11)18(21)26)8-19-15(23)10-2-3-10/h1,4,7,10,13,18,26H,2-3,5-6,8H2,(H,19,23)(H,20,22,24). The molecule has 1 saturated carbocycles. The molecule has 2 fully saturated rings. The van der Waals surface area contributed by atoms with E-state index in [1.807, 2.05) is 0 Å². The predicted octanol–water partition coefficient (Wildman–Crippen LogP) is -0.0353. The lowest BCUT2D eigenvalue weighted by Gasteiger charge is -2.31. The summed E-state index contributed by atoms with van der Waals surface area (Å²) in [5, 5.41) is 15.6. The molecule has 26 heavy (non-hydrogen) atoms. The SMILES string of the molecule is O=C1CCC(N2C(=O)c3ccc(CNC(=O)C4CC4)cc3C2O)C(=O)N1. The number of aliphatic hydroxyl groups is 1. The van der Waals surface area contributed by atoms with Crippen molar-refractivity contribution in [3.63, 3.8) is 0 Å². The minimum absolute atomic E-state index is 0.0206. The van der Waals surface area contributed by atoms with Gasteiger partial charge in [-0.25, -0.2) is 0 Å². The topological polar surface area (TPSA) is 116 Å². The van der Waals surface area contributed by atoms with Gasteiger partial charge in [-0.2, -0.15) is 0 Å². The van der Waals surface area contributed by atoms with Gasteiger partial charge in [0.05, 0.1) is 0 Å². The highest BCUT2D eigenvalue weighted by atomic mass is 16.3. The van der Waals surface area contributed by atoms with Gasteiger partial charge in [-0.1, -0.05) is 6.07 Å². The van der Waals surface area contributed by atoms with Crippen molar-refractivity contribution in [1.82, 2.24) is 15.5 Å². The van der Waals surface area contributed by atoms with Gasteiger partial charge in [0, 0.05) is 30.0 Å². The second-order valence-electron chi connectivity index (χ2n) is 6.97. The van der Waals surface area contributed by atoms with Crippen molar-refractivity contribution in [1.29, 1.82) is 0 Å². The van der Waals surface area contributed by atoms with Crippen LogP contribution in [0.3, 0.4) is 0 Å². The Morgan fingerprint density at radius 1 is 1.23 bits per heavy atom. The first-order valence-corrected chi connectivity index (χ1v) is 8.70. The monoisotopic (exact) mass is 357 g/mol. The molecule has 1 aromatic carbocycles. The van der Waals surface area contributed by atoms with Gasteiger partial charge < -0.3 is 10.4 Å². The normalized spacial score (nSPS) is 25.1. The quantitative estimate of drug-likeness (QED) is 0.654. The number of nitrogens with zero attached hydrogens (tertiary/aromatic N) is 1. The summed E-state index contributed by atoms with van der Waals surface area (Å²) in [6.07, 6.45) is 0.905. The summed E-state index contributed by atoms with van der Waals surface area (Å²) in [7, 11) is 0. The Morgan fingerprint density at radius 2 is 2.00 bits per heavy atom. The maximum atomic E-state index is 12.6. The maximum absolute atomic E-state index is 12.6. The van der Waals surface area contributed by atoms with Crippen LogP contribution in [0, 0.1) is 5.92 Å². The van der Waals surface area contributed by atoms with E-state index < -0.39 is 24.1 Å². The predicted molar refractivity (Wildman–Crippen MR) is 88.3 cm³/mol. The van der Waals surface area contributed by atoms with Crippen molar-refractivity contribution >= 4 is 23.6 Å². The Labute approximate surface area is 149 Å². The molecule has 4 rings (SSSR count). The van der Waals surface area contributed by atoms with E-state index in [1.54, 1.807) is 18.2 Å². The molecule has 8 heteroatoms. The van der Waals surface area contributed by atoms with E-state index in [1.165, 1.54) is 0 Å². The number of amides is 4. The molecule has 0 bridgehead atoms. The molecular formula is C18H19N3O5. The van der Waals surface area contributed by atoms with E-state index in [0.29, 0.717) is 17.7 Å². The highest BCUT2D eigenvalue weighted by Crippen LogP contribution is 2.35. The summed E-state index contributed by atoms with van der Waals surface area (Å²) in [6.45, 7) is 0.321. The number of rotatable bonds is 4. The number of piperidine rings is 1. The van der Waals surface area contributed by atoms with Crippen LogP contribution in [0.15, 0.2) is 18.2 Å². The summed E-state index contributed by atoms with van der Waals surface area (Å²) < 4.78 is 0. The molecule has 2 atom stereocenters. The van der Waals surface area contributed by atoms with E-state index in [0.717, 1.165) is 23.3 Å². The molecule has 8 nitrogen and oxygen atoms in total. The van der Waals surface area contributed by atoms with E-state index >= 15 is 0 Å². The van der Waals surface area contributed by atoms with Crippen LogP contribution < -0.4 is 10.6 Å². The average molecular weight is 357 g/mol. The Kier molecular flexibility index (Phi) is 3.99. The number of carbonyl (C=O) groups excluding carboxylic acids is 4. The number of hydrogen-bond acceptors (Lipinski definition) is 5. The number of imide groups is 1. The highest BCUT2D eigenvalue weighted by Gasteiger charge is 2.44. The van der Waals surface area contributed by atoms with Gasteiger partial charge in [0.15, 0.2) is 6.23 Å². The third-order valence-corrected chi connectivity index (χ3v) is 5.08. The Morgan fingerprint density at radius 3 is 2.69 bits per heavy atom. The smallest absolute Gasteiger partial charge is 0.257 e. The fourth-order valence-electron chi connectivity index (χ4n) is 3.47. The molecule has 1 aromatic rings. The molecule has 3 aliphatic rings. The Balaban J connectivity index is 1.52. The van der Waals surface area contributed by atoms with Gasteiger partial charge in [0.1, 0.15) is 6.04 Å². The zero-order valence-electron chi connectivity index (χ0n) is 14.0. The van der Waals surface area contributed by atoms with E-state index in [4.69, 9.17) is 0 Å². The van der Waals surface area contributed by atoms with Crippen LogP contribution in [0.2, 0.25) is 0 Å². The molecule has 2 heterocycles. The Bertz CT molecular complexity index is 817. The summed E-state index contributed by atoms with van der Waals surface area (Å²) in [5.74, 6) is -1.25. The van der Waals surface area contributed by atoms with E-state index in [2.05, 4.69) is 10.6 Å². The van der Waals surface area contributed by atoms with Crippen molar-refractivity contribution in [2.24, 2.45) is 5.92 Å². The zero-order valence-corrected chi connectivity index (χ0v) is 14.0. The highest BCUT2D eigenvalue weighted by molar-refractivity contribution is 6.05. The molecule has 0 radical (unpaired) electrons. The first kappa shape index (κ1) is 16.7. The van der Waals surface area contributed by atoms with Gasteiger partial charge in [0.2, 0.25) is 17.7 Å². The number of benzene rings is 1. The van der Waals surface area contributed by atoms with Gasteiger partial charge in [-0.3, -0.25) is 29.4 Å². The van der Waals surface area contributed by atoms with Gasteiger partial charge >= 0.3 is 0 Å². The number of aliphatic hydroxyl groups excluding tert-OH is 1. The lowest BCUT2D eigenvalue weighted by molar-refractivity contribution is -0.139. The third kappa shape index (κ3) is 2.86. The maximum Gasteiger partial charge on any atom is 0.257 e. The van der Waals surface area contributed by atoms with Gasteiger partial charge in [-0.15, -0.1) is 0 Å². The summed E-state index contributed by atoms with van der Waals surface area (Å²) >= 11 is 0. The fourth-order valence-corrected chi connectivity index (χ4v) is 3.47. The van der Waals surface area contributed by atoms with Crippen LogP contribution in [0.5, 0.6) is 0 Å². The molecule has 4 amide bonds. The van der Waals surface area contributed by atoms with Crippen molar-refractivity contribution in [2.75, 3.05) is 0 Å². The lowest BCUT2D eigenvalue weighted by atomic mass is 10.0. The van der Waals surface area contributed by atoms with Crippen molar-refractivity contribution in [3.05, 3.63) is 34.9 Å². The van der Waals surface area contributed by atoms with E-state index in [-0.39, 0.29) is 30.6 Å². The number of hydrogen-bond donors (Lipinski definition) is 3. The second kappa shape index (κ2) is 6.21. The van der Waals surface area contributed by atoms with Gasteiger partial charge in [-0.05, 0) is 37.0 Å². The summed E-state index contributed by atoms with van der Waals surface area (Å²) in [5.41, 5.74) is 1.52. The first-order valence-electron chi connectivity index (χ1n) is 8.70. The molecule has 1 aliphatic carbocycles. The molecule has 0 aromatic heterocycles. The first-order chi connectivity index (χ1) is 12.5.